The van der Waals surface area contributed by atoms with E-state index in [0.29, 0.717) is 6.54 Å². The van der Waals surface area contributed by atoms with Gasteiger partial charge in [-0.25, -0.2) is 0 Å². The Morgan fingerprint density at radius 1 is 1.77 bits per heavy atom. The number of methoxy groups -OCH3 is 1. The summed E-state index contributed by atoms with van der Waals surface area (Å²) in [6.07, 6.45) is 0. The summed E-state index contributed by atoms with van der Waals surface area (Å²) < 4.78 is 4.67. The number of hydrogen-bond acceptors (Lipinski definition) is 4. The number of carbonyl (C=O) groups is 1. The first-order chi connectivity index (χ1) is 6.20. The van der Waals surface area contributed by atoms with Crippen molar-refractivity contribution >= 4 is 17.3 Å². The van der Waals surface area contributed by atoms with Gasteiger partial charge in [0.1, 0.15) is 5.92 Å². The van der Waals surface area contributed by atoms with Crippen LogP contribution in [-0.2, 0) is 9.53 Å². The Hall–Kier alpha value is -0.870. The van der Waals surface area contributed by atoms with Crippen molar-refractivity contribution in [1.29, 1.82) is 0 Å². The van der Waals surface area contributed by atoms with Crippen LogP contribution in [-0.4, -0.2) is 19.6 Å². The van der Waals surface area contributed by atoms with Crippen molar-refractivity contribution in [3.63, 3.8) is 0 Å². The van der Waals surface area contributed by atoms with E-state index < -0.39 is 0 Å². The lowest BCUT2D eigenvalue weighted by Crippen LogP contribution is -2.22. The number of esters is 1. The Bertz CT molecular complexity index is 296. The highest BCUT2D eigenvalue weighted by Gasteiger charge is 2.22. The normalized spacial score (nSPS) is 12.5. The minimum atomic E-state index is -0.301. The van der Waals surface area contributed by atoms with Gasteiger partial charge in [-0.15, -0.1) is 11.3 Å². The van der Waals surface area contributed by atoms with Gasteiger partial charge in [-0.3, -0.25) is 4.79 Å². The first-order valence-corrected chi connectivity index (χ1v) is 4.90. The molecule has 0 amide bonds. The zero-order chi connectivity index (χ0) is 9.84. The molecule has 1 aromatic rings. The summed E-state index contributed by atoms with van der Waals surface area (Å²) in [5, 5.41) is 1.95. The van der Waals surface area contributed by atoms with Crippen LogP contribution in [0.3, 0.4) is 0 Å². The van der Waals surface area contributed by atoms with Crippen molar-refractivity contribution in [2.75, 3.05) is 13.7 Å². The van der Waals surface area contributed by atoms with Gasteiger partial charge in [0.2, 0.25) is 0 Å². The van der Waals surface area contributed by atoms with Crippen molar-refractivity contribution in [3.8, 4) is 0 Å². The SMILES string of the molecule is COC(=O)C(CN)c1sccc1C. The molecule has 0 aliphatic carbocycles. The lowest BCUT2D eigenvalue weighted by atomic mass is 10.1. The average molecular weight is 199 g/mol. The molecule has 3 nitrogen and oxygen atoms in total. The molecule has 0 saturated heterocycles. The van der Waals surface area contributed by atoms with Gasteiger partial charge in [0.15, 0.2) is 0 Å². The third-order valence-electron chi connectivity index (χ3n) is 1.94. The average Bonchev–Trinajstić information content (AvgIpc) is 2.53. The van der Waals surface area contributed by atoms with Gasteiger partial charge in [0.05, 0.1) is 7.11 Å². The molecule has 1 unspecified atom stereocenters. The molecule has 0 radical (unpaired) electrons. The first kappa shape index (κ1) is 10.2. The maximum absolute atomic E-state index is 11.3. The van der Waals surface area contributed by atoms with Gasteiger partial charge in [-0.1, -0.05) is 0 Å². The molecule has 0 fully saturated rings. The van der Waals surface area contributed by atoms with Gasteiger partial charge >= 0.3 is 5.97 Å². The molecule has 1 aromatic heterocycles. The van der Waals surface area contributed by atoms with E-state index in [1.807, 2.05) is 18.4 Å². The Morgan fingerprint density at radius 2 is 2.46 bits per heavy atom. The smallest absolute Gasteiger partial charge is 0.315 e. The van der Waals surface area contributed by atoms with Crippen LogP contribution < -0.4 is 5.73 Å². The van der Waals surface area contributed by atoms with E-state index in [2.05, 4.69) is 4.74 Å². The molecule has 2 N–H and O–H groups in total. The molecule has 4 heteroatoms. The summed E-state index contributed by atoms with van der Waals surface area (Å²) in [4.78, 5) is 12.3. The van der Waals surface area contributed by atoms with Crippen molar-refractivity contribution < 1.29 is 9.53 Å². The molecule has 72 valence electrons. The predicted molar refractivity (Wildman–Crippen MR) is 52.9 cm³/mol. The molecule has 0 aliphatic rings. The van der Waals surface area contributed by atoms with E-state index in [4.69, 9.17) is 5.73 Å². The highest BCUT2D eigenvalue weighted by atomic mass is 32.1. The van der Waals surface area contributed by atoms with E-state index in [-0.39, 0.29) is 11.9 Å². The number of rotatable bonds is 3. The predicted octanol–water partition coefficient (Wildman–Crippen LogP) is 1.27. The summed E-state index contributed by atoms with van der Waals surface area (Å²) >= 11 is 1.55. The molecule has 13 heavy (non-hydrogen) atoms. The molecule has 0 saturated carbocycles. The fraction of sp³-hybridized carbons (Fsp3) is 0.444. The van der Waals surface area contributed by atoms with Crippen molar-refractivity contribution in [2.45, 2.75) is 12.8 Å². The second-order valence-corrected chi connectivity index (χ2v) is 3.73. The zero-order valence-electron chi connectivity index (χ0n) is 7.74. The van der Waals surface area contributed by atoms with Gasteiger partial charge in [-0.2, -0.15) is 0 Å². The van der Waals surface area contributed by atoms with Crippen molar-refractivity contribution in [1.82, 2.24) is 0 Å². The number of carbonyl (C=O) groups excluding carboxylic acids is 1. The van der Waals surface area contributed by atoms with Crippen LogP contribution >= 0.6 is 11.3 Å². The second-order valence-electron chi connectivity index (χ2n) is 2.78. The van der Waals surface area contributed by atoms with Gasteiger partial charge in [-0.05, 0) is 23.9 Å². The third kappa shape index (κ3) is 2.08. The second kappa shape index (κ2) is 4.39. The van der Waals surface area contributed by atoms with Crippen LogP contribution in [0.25, 0.3) is 0 Å². The Balaban J connectivity index is 2.90. The summed E-state index contributed by atoms with van der Waals surface area (Å²) in [5.74, 6) is -0.557. The number of ether oxygens (including phenoxy) is 1. The molecule has 1 atom stereocenters. The van der Waals surface area contributed by atoms with Gasteiger partial charge < -0.3 is 10.5 Å². The van der Waals surface area contributed by atoms with Gasteiger partial charge in [0.25, 0.3) is 0 Å². The Kier molecular flexibility index (Phi) is 3.45. The molecular weight excluding hydrogens is 186 g/mol. The molecule has 0 spiro atoms. The van der Waals surface area contributed by atoms with Crippen LogP contribution in [0.2, 0.25) is 0 Å². The molecule has 0 aliphatic heterocycles. The quantitative estimate of drug-likeness (QED) is 0.746. The summed E-state index contributed by atoms with van der Waals surface area (Å²) in [6.45, 7) is 2.27. The van der Waals surface area contributed by atoms with E-state index in [1.165, 1.54) is 7.11 Å². The lowest BCUT2D eigenvalue weighted by molar-refractivity contribution is -0.142. The number of hydrogen-bond donors (Lipinski definition) is 1. The maximum atomic E-state index is 11.3. The topological polar surface area (TPSA) is 52.3 Å². The standard InChI is InChI=1S/C9H13NO2S/c1-6-3-4-13-8(6)7(5-10)9(11)12-2/h3-4,7H,5,10H2,1-2H3. The van der Waals surface area contributed by atoms with E-state index in [1.54, 1.807) is 11.3 Å². The fourth-order valence-electron chi connectivity index (χ4n) is 1.19. The lowest BCUT2D eigenvalue weighted by Gasteiger charge is -2.11. The zero-order valence-corrected chi connectivity index (χ0v) is 8.56. The number of nitrogens with two attached hydrogens (primary N) is 1. The number of aryl methyl sites for hydroxylation is 1. The summed E-state index contributed by atoms with van der Waals surface area (Å²) in [6, 6.07) is 1.98. The van der Waals surface area contributed by atoms with Crippen molar-refractivity contribution in [3.05, 3.63) is 21.9 Å². The van der Waals surface area contributed by atoms with E-state index >= 15 is 0 Å². The molecular formula is C9H13NO2S. The first-order valence-electron chi connectivity index (χ1n) is 4.02. The van der Waals surface area contributed by atoms with Crippen LogP contribution in [0.4, 0.5) is 0 Å². The molecule has 1 heterocycles. The highest BCUT2D eigenvalue weighted by molar-refractivity contribution is 7.10. The summed E-state index contributed by atoms with van der Waals surface area (Å²) in [5.41, 5.74) is 6.62. The van der Waals surface area contributed by atoms with Crippen LogP contribution in [0.15, 0.2) is 11.4 Å². The Labute approximate surface area is 81.5 Å². The highest BCUT2D eigenvalue weighted by Crippen LogP contribution is 2.25. The van der Waals surface area contributed by atoms with Crippen LogP contribution in [0.1, 0.15) is 16.4 Å². The minimum Gasteiger partial charge on any atom is -0.468 e. The van der Waals surface area contributed by atoms with Crippen LogP contribution in [0, 0.1) is 6.92 Å². The monoisotopic (exact) mass is 199 g/mol. The molecule has 0 bridgehead atoms. The van der Waals surface area contributed by atoms with Crippen LogP contribution in [0.5, 0.6) is 0 Å². The number of thiophene rings is 1. The largest absolute Gasteiger partial charge is 0.468 e. The van der Waals surface area contributed by atoms with E-state index in [9.17, 15) is 4.79 Å². The summed E-state index contributed by atoms with van der Waals surface area (Å²) in [7, 11) is 1.38. The third-order valence-corrected chi connectivity index (χ3v) is 3.07. The Morgan fingerprint density at radius 3 is 2.85 bits per heavy atom. The van der Waals surface area contributed by atoms with E-state index in [0.717, 1.165) is 10.4 Å². The molecule has 0 aromatic carbocycles. The maximum Gasteiger partial charge on any atom is 0.315 e. The molecule has 1 rings (SSSR count). The fourth-order valence-corrected chi connectivity index (χ4v) is 2.22. The van der Waals surface area contributed by atoms with Crippen molar-refractivity contribution in [2.24, 2.45) is 5.73 Å². The minimum absolute atomic E-state index is 0.256. The van der Waals surface area contributed by atoms with Gasteiger partial charge in [0, 0.05) is 11.4 Å².